The molecule has 48 heavy (non-hydrogen) atoms. The molecule has 3 aliphatic heterocycles. The molecule has 0 aliphatic carbocycles. The number of amides is 2. The number of rotatable bonds is 4. The third-order valence-electron chi connectivity index (χ3n) is 8.58. The van der Waals surface area contributed by atoms with Crippen molar-refractivity contribution in [2.75, 3.05) is 23.3 Å². The molecule has 2 amide bonds. The van der Waals surface area contributed by atoms with E-state index in [4.69, 9.17) is 21.1 Å². The lowest BCUT2D eigenvalue weighted by atomic mass is 9.77. The van der Waals surface area contributed by atoms with Crippen LogP contribution in [0.3, 0.4) is 0 Å². The van der Waals surface area contributed by atoms with E-state index >= 15 is 0 Å². The zero-order valence-electron chi connectivity index (χ0n) is 24.9. The second kappa shape index (κ2) is 11.0. The maximum absolute atomic E-state index is 13.6. The zero-order chi connectivity index (χ0) is 33.2. The summed E-state index contributed by atoms with van der Waals surface area (Å²) >= 11 is 6.37. The van der Waals surface area contributed by atoms with E-state index < -0.39 is 17.5 Å². The highest BCUT2D eigenvalue weighted by Crippen LogP contribution is 2.57. The molecule has 10 nitrogen and oxygen atoms in total. The quantitative estimate of drug-likeness (QED) is 0.197. The van der Waals surface area contributed by atoms with Gasteiger partial charge in [-0.15, -0.1) is 0 Å². The molecule has 0 saturated heterocycles. The summed E-state index contributed by atoms with van der Waals surface area (Å²) in [6.07, 6.45) is 0. The van der Waals surface area contributed by atoms with E-state index in [9.17, 15) is 24.6 Å². The number of esters is 1. The van der Waals surface area contributed by atoms with Crippen LogP contribution in [0, 0.1) is 0 Å². The molecule has 3 heterocycles. The molecule has 0 saturated carbocycles. The number of nitrogens with one attached hydrogen (secondary N) is 1. The second-order valence-corrected chi connectivity index (χ2v) is 12.0. The minimum Gasteiger partial charge on any atom is -0.508 e. The lowest BCUT2D eigenvalue weighted by Crippen LogP contribution is -2.39. The maximum atomic E-state index is 13.6. The fourth-order valence-electron chi connectivity index (χ4n) is 6.52. The number of aromatic hydroxyl groups is 2. The molecular weight excluding hydrogens is 634 g/mol. The number of phenolic OH excluding ortho intramolecular Hbond substituents is 2. The SMILES string of the molecule is O=C(CN1C(=O)CN=C(c2ccccc2)c2cc(Cl)ccc21)Nc1ccc2c(c1)C1(OC2=O)c2ccc(O)cc2Oc2cc(O)ccc21. The number of carbonyl (C=O) groups excluding carboxylic acids is 3. The van der Waals surface area contributed by atoms with Gasteiger partial charge in [-0.2, -0.15) is 0 Å². The van der Waals surface area contributed by atoms with Gasteiger partial charge in [-0.05, 0) is 60.7 Å². The second-order valence-electron chi connectivity index (χ2n) is 11.5. The maximum Gasteiger partial charge on any atom is 0.340 e. The standard InChI is InChI=1S/C37H24ClN3O7/c38-21-6-13-30-26(14-21)35(20-4-2-1-3-5-20)39-18-34(45)41(30)19-33(44)40-22-7-10-25-29(15-22)37(48-36(25)46)27-11-8-23(42)16-31(27)47-32-17-24(43)9-12-28(32)37/h1-17,42-43H,18-19H2,(H,40,44). The highest BCUT2D eigenvalue weighted by molar-refractivity contribution is 6.32. The molecule has 0 fully saturated rings. The molecule has 5 aromatic rings. The van der Waals surface area contributed by atoms with E-state index in [1.165, 1.54) is 29.2 Å². The Hall–Kier alpha value is -6.13. The number of hydrogen-bond donors (Lipinski definition) is 3. The Bertz CT molecular complexity index is 2180. The number of fused-ring (bicyclic) bond motifs is 7. The summed E-state index contributed by atoms with van der Waals surface area (Å²) < 4.78 is 12.1. The monoisotopic (exact) mass is 657 g/mol. The van der Waals surface area contributed by atoms with Crippen molar-refractivity contribution in [3.63, 3.8) is 0 Å². The molecule has 11 heteroatoms. The average Bonchev–Trinajstić information content (AvgIpc) is 3.27. The number of carbonyl (C=O) groups is 3. The van der Waals surface area contributed by atoms with Gasteiger partial charge in [0.05, 0.1) is 17.0 Å². The van der Waals surface area contributed by atoms with Crippen LogP contribution in [0.5, 0.6) is 23.0 Å². The summed E-state index contributed by atoms with van der Waals surface area (Å²) in [5, 5.41) is 23.7. The smallest absolute Gasteiger partial charge is 0.340 e. The van der Waals surface area contributed by atoms with Gasteiger partial charge in [-0.3, -0.25) is 14.6 Å². The number of phenols is 2. The van der Waals surface area contributed by atoms with Gasteiger partial charge in [0.25, 0.3) is 0 Å². The molecule has 8 rings (SSSR count). The van der Waals surface area contributed by atoms with Crippen molar-refractivity contribution < 1.29 is 34.1 Å². The highest BCUT2D eigenvalue weighted by atomic mass is 35.5. The van der Waals surface area contributed by atoms with Gasteiger partial charge in [-0.25, -0.2) is 4.79 Å². The largest absolute Gasteiger partial charge is 0.508 e. The number of benzene rings is 5. The predicted molar refractivity (Wildman–Crippen MR) is 177 cm³/mol. The lowest BCUT2D eigenvalue weighted by molar-refractivity contribution is -0.120. The van der Waals surface area contributed by atoms with Crippen molar-refractivity contribution in [1.29, 1.82) is 0 Å². The normalized spacial score (nSPS) is 15.3. The Morgan fingerprint density at radius 3 is 2.25 bits per heavy atom. The first kappa shape index (κ1) is 29.3. The van der Waals surface area contributed by atoms with E-state index in [0.29, 0.717) is 44.4 Å². The molecule has 5 aromatic carbocycles. The number of aliphatic imine (C=N–C) groups is 1. The van der Waals surface area contributed by atoms with Crippen LogP contribution >= 0.6 is 11.6 Å². The third kappa shape index (κ3) is 4.65. The van der Waals surface area contributed by atoms with Crippen LogP contribution in [0.4, 0.5) is 11.4 Å². The van der Waals surface area contributed by atoms with Gasteiger partial charge >= 0.3 is 5.97 Å². The van der Waals surface area contributed by atoms with Crippen LogP contribution < -0.4 is 15.0 Å². The molecule has 236 valence electrons. The topological polar surface area (TPSA) is 138 Å². The van der Waals surface area contributed by atoms with Gasteiger partial charge < -0.3 is 29.9 Å². The van der Waals surface area contributed by atoms with Crippen LogP contribution in [0.25, 0.3) is 0 Å². The van der Waals surface area contributed by atoms with E-state index in [1.54, 1.807) is 48.5 Å². The van der Waals surface area contributed by atoms with Crippen molar-refractivity contribution >= 4 is 46.5 Å². The minimum absolute atomic E-state index is 0.0637. The van der Waals surface area contributed by atoms with Crippen LogP contribution in [0.2, 0.25) is 5.02 Å². The van der Waals surface area contributed by atoms with Crippen LogP contribution in [-0.2, 0) is 19.9 Å². The van der Waals surface area contributed by atoms with Crippen molar-refractivity contribution in [1.82, 2.24) is 0 Å². The fraction of sp³-hybridized carbons (Fsp3) is 0.0811. The fourth-order valence-corrected chi connectivity index (χ4v) is 6.69. The Balaban J connectivity index is 1.15. The van der Waals surface area contributed by atoms with Crippen LogP contribution in [0.15, 0.2) is 108 Å². The summed E-state index contributed by atoms with van der Waals surface area (Å²) in [5.41, 5.74) is 2.98. The lowest BCUT2D eigenvalue weighted by Gasteiger charge is -2.36. The number of nitrogens with zero attached hydrogens (tertiary/aromatic N) is 2. The molecule has 0 radical (unpaired) electrons. The van der Waals surface area contributed by atoms with E-state index in [-0.39, 0.29) is 47.6 Å². The van der Waals surface area contributed by atoms with Gasteiger partial charge in [0.15, 0.2) is 5.60 Å². The van der Waals surface area contributed by atoms with Gasteiger partial charge in [0.2, 0.25) is 11.8 Å². The molecule has 0 aromatic heterocycles. The first-order valence-electron chi connectivity index (χ1n) is 14.9. The van der Waals surface area contributed by atoms with Gasteiger partial charge in [0.1, 0.15) is 36.1 Å². The number of benzodiazepines with no additional fused rings is 1. The Labute approximate surface area is 278 Å². The number of hydrogen-bond acceptors (Lipinski definition) is 8. The summed E-state index contributed by atoms with van der Waals surface area (Å²) in [6.45, 7) is -0.489. The first-order valence-corrected chi connectivity index (χ1v) is 15.3. The van der Waals surface area contributed by atoms with Crippen LogP contribution in [-0.4, -0.2) is 46.8 Å². The van der Waals surface area contributed by atoms with Crippen molar-refractivity contribution in [3.05, 3.63) is 142 Å². The molecule has 0 unspecified atom stereocenters. The molecule has 0 bridgehead atoms. The highest BCUT2D eigenvalue weighted by Gasteiger charge is 2.53. The zero-order valence-corrected chi connectivity index (χ0v) is 25.7. The molecular formula is C37H24ClN3O7. The van der Waals surface area contributed by atoms with Gasteiger partial charge in [-0.1, -0.05) is 41.9 Å². The first-order chi connectivity index (χ1) is 23.2. The summed E-state index contributed by atoms with van der Waals surface area (Å²) in [7, 11) is 0. The van der Waals surface area contributed by atoms with E-state index in [0.717, 1.165) is 5.56 Å². The Kier molecular flexibility index (Phi) is 6.71. The van der Waals surface area contributed by atoms with E-state index in [1.807, 2.05) is 30.3 Å². The van der Waals surface area contributed by atoms with Crippen molar-refractivity contribution in [2.24, 2.45) is 4.99 Å². The van der Waals surface area contributed by atoms with Crippen molar-refractivity contribution in [2.45, 2.75) is 5.60 Å². The molecule has 0 atom stereocenters. The summed E-state index contributed by atoms with van der Waals surface area (Å²) in [5.74, 6) is -1.11. The molecule has 3 N–H and O–H groups in total. The summed E-state index contributed by atoms with van der Waals surface area (Å²) in [6, 6.07) is 28.2. The van der Waals surface area contributed by atoms with Gasteiger partial charge in [0, 0.05) is 50.7 Å². The van der Waals surface area contributed by atoms with E-state index in [2.05, 4.69) is 10.3 Å². The average molecular weight is 658 g/mol. The number of ether oxygens (including phenoxy) is 2. The summed E-state index contributed by atoms with van der Waals surface area (Å²) in [4.78, 5) is 46.3. The third-order valence-corrected chi connectivity index (χ3v) is 8.82. The van der Waals surface area contributed by atoms with Crippen LogP contribution in [0.1, 0.15) is 38.2 Å². The number of anilines is 2. The molecule has 3 aliphatic rings. The van der Waals surface area contributed by atoms with Crippen molar-refractivity contribution in [3.8, 4) is 23.0 Å². The number of halogens is 1. The predicted octanol–water partition coefficient (Wildman–Crippen LogP) is 6.14. The molecule has 1 spiro atoms. The Morgan fingerprint density at radius 2 is 1.54 bits per heavy atom. The minimum atomic E-state index is -1.50. The Morgan fingerprint density at radius 1 is 0.833 bits per heavy atom.